The lowest BCUT2D eigenvalue weighted by Crippen LogP contribution is -2.31. The van der Waals surface area contributed by atoms with E-state index < -0.39 is 0 Å². The number of hydrogen-bond donors (Lipinski definition) is 3. The topological polar surface area (TPSA) is 70.2 Å². The molecule has 0 bridgehead atoms. The van der Waals surface area contributed by atoms with Crippen LogP contribution >= 0.6 is 15.9 Å². The van der Waals surface area contributed by atoms with E-state index in [9.17, 15) is 9.59 Å². The molecular weight excluding hydrogens is 370 g/mol. The second kappa shape index (κ2) is 8.49. The van der Waals surface area contributed by atoms with Gasteiger partial charge in [0.15, 0.2) is 0 Å². The normalized spacial score (nSPS) is 10.1. The van der Waals surface area contributed by atoms with Crippen molar-refractivity contribution in [2.45, 2.75) is 20.3 Å². The van der Waals surface area contributed by atoms with E-state index in [4.69, 9.17) is 0 Å². The third-order valence-electron chi connectivity index (χ3n) is 3.53. The highest BCUT2D eigenvalue weighted by molar-refractivity contribution is 9.10. The molecule has 2 aromatic rings. The molecule has 0 spiro atoms. The number of aryl methyl sites for hydroxylation is 2. The maximum absolute atomic E-state index is 11.9. The van der Waals surface area contributed by atoms with Gasteiger partial charge in [-0.05, 0) is 61.4 Å². The highest BCUT2D eigenvalue weighted by Crippen LogP contribution is 2.15. The quantitative estimate of drug-likeness (QED) is 0.716. The van der Waals surface area contributed by atoms with E-state index in [1.54, 1.807) is 12.1 Å². The Hall–Kier alpha value is -2.34. The second-order valence-corrected chi connectivity index (χ2v) is 6.40. The molecule has 2 aromatic carbocycles. The summed E-state index contributed by atoms with van der Waals surface area (Å²) in [5, 5.41) is 8.19. The molecule has 0 aliphatic carbocycles. The number of halogens is 1. The maximum Gasteiger partial charge on any atom is 0.319 e. The summed E-state index contributed by atoms with van der Waals surface area (Å²) in [6.45, 7) is 4.28. The van der Waals surface area contributed by atoms with Crippen molar-refractivity contribution in [2.75, 3.05) is 17.2 Å². The summed E-state index contributed by atoms with van der Waals surface area (Å²) in [7, 11) is 0. The Labute approximate surface area is 150 Å². The molecule has 0 aromatic heterocycles. The van der Waals surface area contributed by atoms with Gasteiger partial charge in [-0.3, -0.25) is 4.79 Å². The Morgan fingerprint density at radius 3 is 2.25 bits per heavy atom. The van der Waals surface area contributed by atoms with Gasteiger partial charge in [0, 0.05) is 28.8 Å². The van der Waals surface area contributed by atoms with E-state index in [1.165, 1.54) is 5.56 Å². The molecule has 0 saturated carbocycles. The lowest BCUT2D eigenvalue weighted by Gasteiger charge is -2.09. The molecule has 3 amide bonds. The summed E-state index contributed by atoms with van der Waals surface area (Å²) in [4.78, 5) is 23.7. The van der Waals surface area contributed by atoms with Gasteiger partial charge in [-0.25, -0.2) is 4.79 Å². The zero-order valence-electron chi connectivity index (χ0n) is 13.7. The summed E-state index contributed by atoms with van der Waals surface area (Å²) in [6.07, 6.45) is 0.209. The van der Waals surface area contributed by atoms with Gasteiger partial charge in [0.05, 0.1) is 0 Å². The van der Waals surface area contributed by atoms with Gasteiger partial charge in [0.1, 0.15) is 0 Å². The van der Waals surface area contributed by atoms with Crippen molar-refractivity contribution in [3.63, 3.8) is 0 Å². The zero-order valence-corrected chi connectivity index (χ0v) is 15.2. The highest BCUT2D eigenvalue weighted by Gasteiger charge is 2.06. The van der Waals surface area contributed by atoms with Crippen molar-refractivity contribution in [3.8, 4) is 0 Å². The number of carbonyl (C=O) groups is 2. The molecule has 0 saturated heterocycles. The lowest BCUT2D eigenvalue weighted by atomic mass is 10.1. The van der Waals surface area contributed by atoms with Crippen molar-refractivity contribution in [3.05, 3.63) is 58.1 Å². The Balaban J connectivity index is 1.72. The van der Waals surface area contributed by atoms with Crippen LogP contribution in [0, 0.1) is 13.8 Å². The minimum absolute atomic E-state index is 0.137. The molecule has 0 radical (unpaired) electrons. The van der Waals surface area contributed by atoms with E-state index >= 15 is 0 Å². The van der Waals surface area contributed by atoms with E-state index in [2.05, 4.69) is 31.9 Å². The predicted molar refractivity (Wildman–Crippen MR) is 100 cm³/mol. The number of nitrogens with one attached hydrogen (secondary N) is 3. The minimum atomic E-state index is -0.337. The van der Waals surface area contributed by atoms with Crippen molar-refractivity contribution < 1.29 is 9.59 Å². The fourth-order valence-corrected chi connectivity index (χ4v) is 2.31. The SMILES string of the molecule is Cc1ccc(NC(=O)CCNC(=O)Nc2ccc(Br)cc2)cc1C. The Bertz CT molecular complexity index is 730. The van der Waals surface area contributed by atoms with Crippen LogP contribution in [0.1, 0.15) is 17.5 Å². The summed E-state index contributed by atoms with van der Waals surface area (Å²) in [5.74, 6) is -0.137. The Kier molecular flexibility index (Phi) is 6.37. The van der Waals surface area contributed by atoms with Gasteiger partial charge in [-0.2, -0.15) is 0 Å². The zero-order chi connectivity index (χ0) is 17.5. The molecule has 3 N–H and O–H groups in total. The van der Waals surface area contributed by atoms with Crippen LogP contribution in [0.5, 0.6) is 0 Å². The molecule has 0 unspecified atom stereocenters. The average molecular weight is 390 g/mol. The monoisotopic (exact) mass is 389 g/mol. The van der Waals surface area contributed by atoms with Crippen molar-refractivity contribution in [2.24, 2.45) is 0 Å². The van der Waals surface area contributed by atoms with E-state index in [0.717, 1.165) is 15.7 Å². The van der Waals surface area contributed by atoms with Crippen molar-refractivity contribution in [1.82, 2.24) is 5.32 Å². The molecule has 24 heavy (non-hydrogen) atoms. The van der Waals surface area contributed by atoms with Gasteiger partial charge in [-0.15, -0.1) is 0 Å². The number of benzene rings is 2. The number of carbonyl (C=O) groups excluding carboxylic acids is 2. The standard InChI is InChI=1S/C18H20BrN3O2/c1-12-3-6-16(11-13(12)2)21-17(23)9-10-20-18(24)22-15-7-4-14(19)5-8-15/h3-8,11H,9-10H2,1-2H3,(H,21,23)(H2,20,22,24). The predicted octanol–water partition coefficient (Wildman–Crippen LogP) is 4.22. The third kappa shape index (κ3) is 5.70. The molecule has 0 aliphatic heterocycles. The molecule has 0 atom stereocenters. The molecule has 0 heterocycles. The minimum Gasteiger partial charge on any atom is -0.337 e. The third-order valence-corrected chi connectivity index (χ3v) is 4.06. The molecule has 0 aliphatic rings. The maximum atomic E-state index is 11.9. The largest absolute Gasteiger partial charge is 0.337 e. The average Bonchev–Trinajstić information content (AvgIpc) is 2.53. The molecule has 5 nitrogen and oxygen atoms in total. The van der Waals surface area contributed by atoms with Crippen LogP contribution in [0.2, 0.25) is 0 Å². The first-order valence-electron chi connectivity index (χ1n) is 7.61. The Morgan fingerprint density at radius 2 is 1.58 bits per heavy atom. The lowest BCUT2D eigenvalue weighted by molar-refractivity contribution is -0.116. The van der Waals surface area contributed by atoms with E-state index in [1.807, 2.05) is 44.2 Å². The second-order valence-electron chi connectivity index (χ2n) is 5.49. The van der Waals surface area contributed by atoms with Crippen LogP contribution in [0.15, 0.2) is 46.9 Å². The first-order chi connectivity index (χ1) is 11.4. The summed E-state index contributed by atoms with van der Waals surface area (Å²) >= 11 is 3.33. The molecule has 0 fully saturated rings. The smallest absolute Gasteiger partial charge is 0.319 e. The van der Waals surface area contributed by atoms with Crippen LogP contribution in [0.25, 0.3) is 0 Å². The van der Waals surface area contributed by atoms with Gasteiger partial charge in [-0.1, -0.05) is 22.0 Å². The van der Waals surface area contributed by atoms with Crippen LogP contribution in [0.4, 0.5) is 16.2 Å². The van der Waals surface area contributed by atoms with Gasteiger partial charge in [0.2, 0.25) is 5.91 Å². The van der Waals surface area contributed by atoms with Crippen molar-refractivity contribution in [1.29, 1.82) is 0 Å². The molecule has 6 heteroatoms. The number of urea groups is 1. The fourth-order valence-electron chi connectivity index (χ4n) is 2.04. The van der Waals surface area contributed by atoms with Crippen LogP contribution < -0.4 is 16.0 Å². The van der Waals surface area contributed by atoms with Crippen LogP contribution in [0.3, 0.4) is 0 Å². The van der Waals surface area contributed by atoms with Crippen LogP contribution in [-0.2, 0) is 4.79 Å². The molecular formula is C18H20BrN3O2. The van der Waals surface area contributed by atoms with Gasteiger partial charge < -0.3 is 16.0 Å². The fraction of sp³-hybridized carbons (Fsp3) is 0.222. The summed E-state index contributed by atoms with van der Waals surface area (Å²) in [5.41, 5.74) is 3.76. The van der Waals surface area contributed by atoms with Crippen LogP contribution in [-0.4, -0.2) is 18.5 Å². The summed E-state index contributed by atoms with van der Waals surface area (Å²) < 4.78 is 0.941. The van der Waals surface area contributed by atoms with Gasteiger partial charge in [0.25, 0.3) is 0 Å². The van der Waals surface area contributed by atoms with Crippen molar-refractivity contribution >= 4 is 39.2 Å². The number of amides is 3. The van der Waals surface area contributed by atoms with E-state index in [0.29, 0.717) is 5.69 Å². The summed E-state index contributed by atoms with van der Waals surface area (Å²) in [6, 6.07) is 12.7. The number of rotatable bonds is 5. The molecule has 126 valence electrons. The molecule has 2 rings (SSSR count). The number of anilines is 2. The Morgan fingerprint density at radius 1 is 0.917 bits per heavy atom. The first kappa shape index (κ1) is 18.0. The first-order valence-corrected chi connectivity index (χ1v) is 8.41. The number of hydrogen-bond acceptors (Lipinski definition) is 2. The highest BCUT2D eigenvalue weighted by atomic mass is 79.9. The van der Waals surface area contributed by atoms with Gasteiger partial charge >= 0.3 is 6.03 Å². The van der Waals surface area contributed by atoms with E-state index in [-0.39, 0.29) is 24.9 Å².